The minimum Gasteiger partial charge on any atom is -0.357 e. The summed E-state index contributed by atoms with van der Waals surface area (Å²) in [5, 5.41) is 10.6. The highest BCUT2D eigenvalue weighted by atomic mass is 16.6. The molecule has 2 rings (SSSR count). The highest BCUT2D eigenvalue weighted by Crippen LogP contribution is 2.21. The number of likely N-dealkylation sites (tertiary alicyclic amines) is 1. The third-order valence-electron chi connectivity index (χ3n) is 3.54. The fourth-order valence-corrected chi connectivity index (χ4v) is 2.26. The van der Waals surface area contributed by atoms with Crippen LogP contribution in [0.25, 0.3) is 0 Å². The number of piperidine rings is 1. The van der Waals surface area contributed by atoms with Crippen molar-refractivity contribution in [2.75, 3.05) is 32.1 Å². The van der Waals surface area contributed by atoms with Gasteiger partial charge < -0.3 is 9.80 Å². The van der Waals surface area contributed by atoms with Gasteiger partial charge in [-0.05, 0) is 39.0 Å². The van der Waals surface area contributed by atoms with E-state index in [9.17, 15) is 10.1 Å². The summed E-state index contributed by atoms with van der Waals surface area (Å²) in [4.78, 5) is 18.7. The van der Waals surface area contributed by atoms with Gasteiger partial charge in [-0.15, -0.1) is 0 Å². The van der Waals surface area contributed by atoms with Crippen molar-refractivity contribution < 1.29 is 4.92 Å². The van der Waals surface area contributed by atoms with Crippen LogP contribution in [0.3, 0.4) is 0 Å². The summed E-state index contributed by atoms with van der Waals surface area (Å²) in [6.07, 6.45) is 3.53. The molecule has 0 aliphatic carbocycles. The third-order valence-corrected chi connectivity index (χ3v) is 3.54. The van der Waals surface area contributed by atoms with Crippen molar-refractivity contribution in [3.05, 3.63) is 28.4 Å². The van der Waals surface area contributed by atoms with Gasteiger partial charge in [-0.3, -0.25) is 10.1 Å². The van der Waals surface area contributed by atoms with Gasteiger partial charge in [-0.25, -0.2) is 4.98 Å². The molecule has 0 spiro atoms. The second-order valence-electron chi connectivity index (χ2n) is 4.78. The summed E-state index contributed by atoms with van der Waals surface area (Å²) in [5.41, 5.74) is 0.0375. The van der Waals surface area contributed by atoms with Crippen molar-refractivity contribution in [3.63, 3.8) is 0 Å². The summed E-state index contributed by atoms with van der Waals surface area (Å²) < 4.78 is 0. The van der Waals surface area contributed by atoms with Crippen LogP contribution in [0.15, 0.2) is 18.3 Å². The Morgan fingerprint density at radius 3 is 2.61 bits per heavy atom. The van der Waals surface area contributed by atoms with Crippen molar-refractivity contribution in [2.24, 2.45) is 0 Å². The largest absolute Gasteiger partial charge is 0.357 e. The Hall–Kier alpha value is -1.69. The molecule has 1 aliphatic heterocycles. The zero-order chi connectivity index (χ0) is 13.1. The van der Waals surface area contributed by atoms with E-state index in [2.05, 4.69) is 21.8 Å². The number of aromatic nitrogens is 1. The zero-order valence-corrected chi connectivity index (χ0v) is 10.7. The molecule has 0 atom stereocenters. The Morgan fingerprint density at radius 1 is 1.44 bits per heavy atom. The van der Waals surface area contributed by atoms with Crippen molar-refractivity contribution in [2.45, 2.75) is 18.9 Å². The Kier molecular flexibility index (Phi) is 3.76. The topological polar surface area (TPSA) is 62.5 Å². The third kappa shape index (κ3) is 2.76. The van der Waals surface area contributed by atoms with Crippen LogP contribution < -0.4 is 4.90 Å². The molecule has 0 radical (unpaired) electrons. The smallest absolute Gasteiger partial charge is 0.287 e. The first-order valence-corrected chi connectivity index (χ1v) is 6.10. The molecule has 6 nitrogen and oxygen atoms in total. The van der Waals surface area contributed by atoms with Gasteiger partial charge in [0.05, 0.1) is 4.92 Å². The summed E-state index contributed by atoms with van der Waals surface area (Å²) in [5.74, 6) is 0.801. The molecule has 1 saturated heterocycles. The van der Waals surface area contributed by atoms with Crippen LogP contribution in [0.4, 0.5) is 11.5 Å². The van der Waals surface area contributed by atoms with Gasteiger partial charge in [0.1, 0.15) is 12.0 Å². The Balaban J connectivity index is 2.04. The van der Waals surface area contributed by atoms with E-state index in [1.165, 1.54) is 12.3 Å². The lowest BCUT2D eigenvalue weighted by Gasteiger charge is -2.35. The van der Waals surface area contributed by atoms with Crippen LogP contribution in [-0.2, 0) is 0 Å². The average Bonchev–Trinajstić information content (AvgIpc) is 2.39. The van der Waals surface area contributed by atoms with Crippen LogP contribution in [0.2, 0.25) is 0 Å². The molecule has 1 aromatic heterocycles. The standard InChI is InChI=1S/C12H18N4O2/c1-14-7-5-10(6-8-14)15(2)12-4-3-11(9-13-12)16(17)18/h3-4,9-10H,5-8H2,1-2H3. The molecule has 0 saturated carbocycles. The van der Waals surface area contributed by atoms with Crippen LogP contribution in [0.1, 0.15) is 12.8 Å². The fraction of sp³-hybridized carbons (Fsp3) is 0.583. The molecule has 1 aromatic rings. The van der Waals surface area contributed by atoms with Gasteiger partial charge in [0.15, 0.2) is 0 Å². The minimum atomic E-state index is -0.424. The first kappa shape index (κ1) is 12.8. The Morgan fingerprint density at radius 2 is 2.11 bits per heavy atom. The monoisotopic (exact) mass is 250 g/mol. The van der Waals surface area contributed by atoms with E-state index < -0.39 is 4.92 Å². The Bertz CT molecular complexity index is 413. The van der Waals surface area contributed by atoms with E-state index in [4.69, 9.17) is 0 Å². The quantitative estimate of drug-likeness (QED) is 0.601. The van der Waals surface area contributed by atoms with Crippen molar-refractivity contribution in [1.29, 1.82) is 0 Å². The molecule has 0 bridgehead atoms. The number of nitro groups is 1. The van der Waals surface area contributed by atoms with Gasteiger partial charge in [0.2, 0.25) is 0 Å². The van der Waals surface area contributed by atoms with Gasteiger partial charge in [-0.2, -0.15) is 0 Å². The molecular weight excluding hydrogens is 232 g/mol. The summed E-state index contributed by atoms with van der Waals surface area (Å²) in [6.45, 7) is 2.17. The van der Waals surface area contributed by atoms with Gasteiger partial charge in [-0.1, -0.05) is 0 Å². The minimum absolute atomic E-state index is 0.0375. The molecule has 0 amide bonds. The normalized spacial score (nSPS) is 17.7. The van der Waals surface area contributed by atoms with E-state index in [-0.39, 0.29) is 5.69 Å². The molecule has 18 heavy (non-hydrogen) atoms. The van der Waals surface area contributed by atoms with Crippen LogP contribution in [0.5, 0.6) is 0 Å². The maximum absolute atomic E-state index is 10.6. The number of rotatable bonds is 3. The highest BCUT2D eigenvalue weighted by Gasteiger charge is 2.21. The van der Waals surface area contributed by atoms with Crippen molar-refractivity contribution in [1.82, 2.24) is 9.88 Å². The first-order chi connectivity index (χ1) is 8.58. The van der Waals surface area contributed by atoms with E-state index >= 15 is 0 Å². The summed E-state index contributed by atoms with van der Waals surface area (Å²) in [7, 11) is 4.13. The molecule has 1 fully saturated rings. The van der Waals surface area contributed by atoms with Gasteiger partial charge >= 0.3 is 0 Å². The lowest BCUT2D eigenvalue weighted by molar-refractivity contribution is -0.385. The lowest BCUT2D eigenvalue weighted by atomic mass is 10.0. The van der Waals surface area contributed by atoms with E-state index in [0.717, 1.165) is 31.7 Å². The number of nitrogens with zero attached hydrogens (tertiary/aromatic N) is 4. The molecule has 98 valence electrons. The van der Waals surface area contributed by atoms with Crippen LogP contribution in [-0.4, -0.2) is 48.0 Å². The number of anilines is 1. The van der Waals surface area contributed by atoms with Crippen LogP contribution in [0, 0.1) is 10.1 Å². The molecule has 0 aromatic carbocycles. The predicted molar refractivity (Wildman–Crippen MR) is 69.8 cm³/mol. The van der Waals surface area contributed by atoms with E-state index in [0.29, 0.717) is 6.04 Å². The number of pyridine rings is 1. The highest BCUT2D eigenvalue weighted by molar-refractivity contribution is 5.43. The predicted octanol–water partition coefficient (Wildman–Crippen LogP) is 1.52. The summed E-state index contributed by atoms with van der Waals surface area (Å²) >= 11 is 0. The number of hydrogen-bond donors (Lipinski definition) is 0. The van der Waals surface area contributed by atoms with Crippen LogP contribution >= 0.6 is 0 Å². The van der Waals surface area contributed by atoms with Gasteiger partial charge in [0, 0.05) is 19.2 Å². The van der Waals surface area contributed by atoms with Gasteiger partial charge in [0.25, 0.3) is 5.69 Å². The first-order valence-electron chi connectivity index (χ1n) is 6.10. The second-order valence-corrected chi connectivity index (χ2v) is 4.78. The molecule has 1 aliphatic rings. The SMILES string of the molecule is CN1CCC(N(C)c2ccc([N+](=O)[O-])cn2)CC1. The fourth-order valence-electron chi connectivity index (χ4n) is 2.26. The molecule has 0 N–H and O–H groups in total. The number of hydrogen-bond acceptors (Lipinski definition) is 5. The van der Waals surface area contributed by atoms with Crippen molar-refractivity contribution in [3.8, 4) is 0 Å². The molecule has 0 unspecified atom stereocenters. The lowest BCUT2D eigenvalue weighted by Crippen LogP contribution is -2.42. The molecule has 6 heteroatoms. The van der Waals surface area contributed by atoms with E-state index in [1.54, 1.807) is 6.07 Å². The van der Waals surface area contributed by atoms with E-state index in [1.807, 2.05) is 7.05 Å². The molecule has 2 heterocycles. The zero-order valence-electron chi connectivity index (χ0n) is 10.7. The Labute approximate surface area is 106 Å². The second kappa shape index (κ2) is 5.30. The maximum atomic E-state index is 10.6. The summed E-state index contributed by atoms with van der Waals surface area (Å²) in [6, 6.07) is 3.69. The maximum Gasteiger partial charge on any atom is 0.287 e. The average molecular weight is 250 g/mol. The van der Waals surface area contributed by atoms with Crippen molar-refractivity contribution >= 4 is 11.5 Å². The molecular formula is C12H18N4O2.